The lowest BCUT2D eigenvalue weighted by Crippen LogP contribution is -2.51. The summed E-state index contributed by atoms with van der Waals surface area (Å²) in [5.41, 5.74) is 1.06. The van der Waals surface area contributed by atoms with Gasteiger partial charge in [-0.25, -0.2) is 0 Å². The average Bonchev–Trinajstić information content (AvgIpc) is 2.52. The van der Waals surface area contributed by atoms with Gasteiger partial charge in [0.15, 0.2) is 0 Å². The average molecular weight is 292 g/mol. The molecule has 1 heterocycles. The van der Waals surface area contributed by atoms with Crippen LogP contribution in [0.5, 0.6) is 11.5 Å². The van der Waals surface area contributed by atoms with Gasteiger partial charge < -0.3 is 19.7 Å². The first-order valence-electron chi connectivity index (χ1n) is 7.35. The number of piperazine rings is 1. The zero-order valence-electron chi connectivity index (χ0n) is 13.0. The van der Waals surface area contributed by atoms with Crippen LogP contribution in [0, 0.1) is 0 Å². The third-order valence-corrected chi connectivity index (χ3v) is 3.76. The van der Waals surface area contributed by atoms with Crippen molar-refractivity contribution in [2.24, 2.45) is 0 Å². The van der Waals surface area contributed by atoms with Crippen molar-refractivity contribution in [2.45, 2.75) is 25.8 Å². The number of hydrogen-bond donors (Lipinski definition) is 1. The Morgan fingerprint density at radius 1 is 1.29 bits per heavy atom. The SMILES string of the molecule is COc1cc(CCC(=O)N2CCN[C@@H](C)C2)cc(OC)c1. The van der Waals surface area contributed by atoms with Gasteiger partial charge in [0.1, 0.15) is 11.5 Å². The third-order valence-electron chi connectivity index (χ3n) is 3.76. The second-order valence-corrected chi connectivity index (χ2v) is 5.42. The van der Waals surface area contributed by atoms with Crippen molar-refractivity contribution in [3.05, 3.63) is 23.8 Å². The van der Waals surface area contributed by atoms with Crippen LogP contribution in [0.3, 0.4) is 0 Å². The van der Waals surface area contributed by atoms with E-state index in [1.807, 2.05) is 23.1 Å². The molecule has 1 aromatic carbocycles. The minimum atomic E-state index is 0.213. The van der Waals surface area contributed by atoms with Crippen molar-refractivity contribution >= 4 is 5.91 Å². The van der Waals surface area contributed by atoms with Crippen LogP contribution in [0.2, 0.25) is 0 Å². The minimum absolute atomic E-state index is 0.213. The molecule has 5 heteroatoms. The maximum absolute atomic E-state index is 12.3. The summed E-state index contributed by atoms with van der Waals surface area (Å²) in [5, 5.41) is 3.34. The molecule has 1 atom stereocenters. The van der Waals surface area contributed by atoms with E-state index in [0.717, 1.165) is 36.7 Å². The Morgan fingerprint density at radius 2 is 1.95 bits per heavy atom. The summed E-state index contributed by atoms with van der Waals surface area (Å²) in [7, 11) is 3.26. The topological polar surface area (TPSA) is 50.8 Å². The molecule has 0 radical (unpaired) electrons. The van der Waals surface area contributed by atoms with E-state index in [4.69, 9.17) is 9.47 Å². The number of methoxy groups -OCH3 is 2. The van der Waals surface area contributed by atoms with Crippen LogP contribution in [0.15, 0.2) is 18.2 Å². The van der Waals surface area contributed by atoms with Crippen LogP contribution >= 0.6 is 0 Å². The first-order valence-corrected chi connectivity index (χ1v) is 7.35. The van der Waals surface area contributed by atoms with E-state index in [0.29, 0.717) is 18.9 Å². The van der Waals surface area contributed by atoms with E-state index >= 15 is 0 Å². The Bertz CT molecular complexity index is 468. The van der Waals surface area contributed by atoms with Gasteiger partial charge in [-0.2, -0.15) is 0 Å². The number of hydrogen-bond acceptors (Lipinski definition) is 4. The predicted octanol–water partition coefficient (Wildman–Crippen LogP) is 1.46. The summed E-state index contributed by atoms with van der Waals surface area (Å²) in [5.74, 6) is 1.73. The molecule has 2 rings (SSSR count). The van der Waals surface area contributed by atoms with E-state index in [9.17, 15) is 4.79 Å². The van der Waals surface area contributed by atoms with Gasteiger partial charge in [-0.3, -0.25) is 4.79 Å². The van der Waals surface area contributed by atoms with Gasteiger partial charge in [0.25, 0.3) is 0 Å². The maximum Gasteiger partial charge on any atom is 0.222 e. The number of benzene rings is 1. The smallest absolute Gasteiger partial charge is 0.222 e. The van der Waals surface area contributed by atoms with Crippen LogP contribution in [0.1, 0.15) is 18.9 Å². The highest BCUT2D eigenvalue weighted by molar-refractivity contribution is 5.76. The third kappa shape index (κ3) is 4.36. The Hall–Kier alpha value is -1.75. The molecule has 5 nitrogen and oxygen atoms in total. The van der Waals surface area contributed by atoms with Crippen LogP contribution in [-0.2, 0) is 11.2 Å². The number of carbonyl (C=O) groups is 1. The molecule has 0 aromatic heterocycles. The molecule has 0 bridgehead atoms. The molecule has 116 valence electrons. The molecule has 1 aliphatic rings. The normalized spacial score (nSPS) is 18.4. The predicted molar refractivity (Wildman–Crippen MR) is 81.9 cm³/mol. The van der Waals surface area contributed by atoms with E-state index in [-0.39, 0.29) is 5.91 Å². The van der Waals surface area contributed by atoms with Crippen LogP contribution in [0.25, 0.3) is 0 Å². The molecule has 1 aromatic rings. The van der Waals surface area contributed by atoms with Crippen molar-refractivity contribution in [1.82, 2.24) is 10.2 Å². The van der Waals surface area contributed by atoms with Gasteiger partial charge in [0.2, 0.25) is 5.91 Å². The molecule has 21 heavy (non-hydrogen) atoms. The Balaban J connectivity index is 1.94. The summed E-state index contributed by atoms with van der Waals surface area (Å²) < 4.78 is 10.5. The fraction of sp³-hybridized carbons (Fsp3) is 0.562. The van der Waals surface area contributed by atoms with E-state index in [1.165, 1.54) is 0 Å². The molecule has 1 fully saturated rings. The van der Waals surface area contributed by atoms with E-state index < -0.39 is 0 Å². The van der Waals surface area contributed by atoms with Gasteiger partial charge >= 0.3 is 0 Å². The highest BCUT2D eigenvalue weighted by atomic mass is 16.5. The number of nitrogens with zero attached hydrogens (tertiary/aromatic N) is 1. The number of aryl methyl sites for hydroxylation is 1. The summed E-state index contributed by atoms with van der Waals surface area (Å²) in [6, 6.07) is 6.12. The summed E-state index contributed by atoms with van der Waals surface area (Å²) in [6.07, 6.45) is 1.22. The molecule has 0 saturated carbocycles. The quantitative estimate of drug-likeness (QED) is 0.892. The monoisotopic (exact) mass is 292 g/mol. The number of carbonyl (C=O) groups excluding carboxylic acids is 1. The van der Waals surface area contributed by atoms with Crippen LogP contribution < -0.4 is 14.8 Å². The van der Waals surface area contributed by atoms with Crippen LogP contribution in [0.4, 0.5) is 0 Å². The summed E-state index contributed by atoms with van der Waals surface area (Å²) in [6.45, 7) is 4.57. The molecular weight excluding hydrogens is 268 g/mol. The lowest BCUT2D eigenvalue weighted by Gasteiger charge is -2.32. The lowest BCUT2D eigenvalue weighted by atomic mass is 10.1. The van der Waals surface area contributed by atoms with Crippen molar-refractivity contribution in [1.29, 1.82) is 0 Å². The molecule has 1 amide bonds. The Labute approximate surface area is 126 Å². The van der Waals surface area contributed by atoms with Crippen molar-refractivity contribution in [3.63, 3.8) is 0 Å². The first-order chi connectivity index (χ1) is 10.1. The second-order valence-electron chi connectivity index (χ2n) is 5.42. The van der Waals surface area contributed by atoms with Gasteiger partial charge in [-0.05, 0) is 31.0 Å². The zero-order chi connectivity index (χ0) is 15.2. The molecule has 1 N–H and O–H groups in total. The van der Waals surface area contributed by atoms with Crippen molar-refractivity contribution in [3.8, 4) is 11.5 Å². The minimum Gasteiger partial charge on any atom is -0.497 e. The highest BCUT2D eigenvalue weighted by Gasteiger charge is 2.20. The standard InChI is InChI=1S/C16H24N2O3/c1-12-11-18(7-6-17-12)16(19)5-4-13-8-14(20-2)10-15(9-13)21-3/h8-10,12,17H,4-7,11H2,1-3H3/t12-/m0/s1. The van der Waals surface area contributed by atoms with Gasteiger partial charge in [0, 0.05) is 38.2 Å². The fourth-order valence-corrected chi connectivity index (χ4v) is 2.58. The largest absolute Gasteiger partial charge is 0.497 e. The number of rotatable bonds is 5. The highest BCUT2D eigenvalue weighted by Crippen LogP contribution is 2.23. The molecule has 1 aliphatic heterocycles. The van der Waals surface area contributed by atoms with E-state index in [2.05, 4.69) is 12.2 Å². The van der Waals surface area contributed by atoms with E-state index in [1.54, 1.807) is 14.2 Å². The Kier molecular flexibility index (Phi) is 5.44. The molecule has 0 aliphatic carbocycles. The molecule has 0 spiro atoms. The zero-order valence-corrected chi connectivity index (χ0v) is 13.0. The number of nitrogens with one attached hydrogen (secondary N) is 1. The summed E-state index contributed by atoms with van der Waals surface area (Å²) in [4.78, 5) is 14.2. The number of amides is 1. The lowest BCUT2D eigenvalue weighted by molar-refractivity contribution is -0.132. The van der Waals surface area contributed by atoms with Gasteiger partial charge in [-0.15, -0.1) is 0 Å². The number of ether oxygens (including phenoxy) is 2. The summed E-state index contributed by atoms with van der Waals surface area (Å²) >= 11 is 0. The molecule has 1 saturated heterocycles. The van der Waals surface area contributed by atoms with Gasteiger partial charge in [0.05, 0.1) is 14.2 Å². The fourth-order valence-electron chi connectivity index (χ4n) is 2.58. The first kappa shape index (κ1) is 15.6. The maximum atomic E-state index is 12.3. The van der Waals surface area contributed by atoms with Gasteiger partial charge in [-0.1, -0.05) is 0 Å². The Morgan fingerprint density at radius 3 is 2.52 bits per heavy atom. The van der Waals surface area contributed by atoms with Crippen LogP contribution in [-0.4, -0.2) is 50.7 Å². The molecule has 0 unspecified atom stereocenters. The molecular formula is C16H24N2O3. The van der Waals surface area contributed by atoms with Crippen molar-refractivity contribution < 1.29 is 14.3 Å². The van der Waals surface area contributed by atoms with Crippen molar-refractivity contribution in [2.75, 3.05) is 33.9 Å². The second kappa shape index (κ2) is 7.31.